The lowest BCUT2D eigenvalue weighted by atomic mass is 9.76. The zero-order valence-electron chi connectivity index (χ0n) is 11.2. The first-order valence-electron chi connectivity index (χ1n) is 6.76. The molecule has 1 aliphatic carbocycles. The van der Waals surface area contributed by atoms with Crippen molar-refractivity contribution in [2.45, 2.75) is 37.1 Å². The van der Waals surface area contributed by atoms with E-state index in [1.807, 2.05) is 6.07 Å². The van der Waals surface area contributed by atoms with Crippen molar-refractivity contribution in [1.82, 2.24) is 5.32 Å². The van der Waals surface area contributed by atoms with E-state index in [0.717, 1.165) is 18.0 Å². The molecule has 3 nitrogen and oxygen atoms in total. The fourth-order valence-corrected chi connectivity index (χ4v) is 3.77. The molecule has 0 spiro atoms. The first-order chi connectivity index (χ1) is 8.80. The quantitative estimate of drug-likeness (QED) is 0.890. The van der Waals surface area contributed by atoms with Crippen molar-refractivity contribution in [3.8, 4) is 11.5 Å². The molecule has 1 N–H and O–H groups in total. The maximum Gasteiger partial charge on any atom is 0.161 e. The fourth-order valence-electron chi connectivity index (χ4n) is 3.77. The van der Waals surface area contributed by atoms with Crippen molar-refractivity contribution in [1.29, 1.82) is 0 Å². The molecule has 18 heavy (non-hydrogen) atoms. The smallest absolute Gasteiger partial charge is 0.161 e. The molecule has 2 unspecified atom stereocenters. The van der Waals surface area contributed by atoms with Gasteiger partial charge in [0.2, 0.25) is 0 Å². The molecule has 0 bridgehead atoms. The second-order valence-corrected chi connectivity index (χ2v) is 5.37. The molecule has 1 heterocycles. The predicted molar refractivity (Wildman–Crippen MR) is 71.5 cm³/mol. The standard InChI is InChI=1S/C15H21NO2/c1-17-12-6-5-11(10-13(12)18-2)15-7-3-4-14(15)16-9-8-15/h5-6,10,14,16H,3-4,7-9H2,1-2H3. The highest BCUT2D eigenvalue weighted by atomic mass is 16.5. The summed E-state index contributed by atoms with van der Waals surface area (Å²) in [6.45, 7) is 1.14. The minimum absolute atomic E-state index is 0.333. The maximum absolute atomic E-state index is 5.44. The molecule has 3 heteroatoms. The third-order valence-corrected chi connectivity index (χ3v) is 4.70. The molecule has 2 atom stereocenters. The van der Waals surface area contributed by atoms with E-state index in [4.69, 9.17) is 9.47 Å². The molecule has 3 rings (SSSR count). The highest BCUT2D eigenvalue weighted by Crippen LogP contribution is 2.48. The van der Waals surface area contributed by atoms with Gasteiger partial charge in [0, 0.05) is 11.5 Å². The van der Waals surface area contributed by atoms with Crippen molar-refractivity contribution in [3.63, 3.8) is 0 Å². The van der Waals surface area contributed by atoms with Crippen molar-refractivity contribution in [2.24, 2.45) is 0 Å². The van der Waals surface area contributed by atoms with Crippen molar-refractivity contribution < 1.29 is 9.47 Å². The van der Waals surface area contributed by atoms with E-state index in [0.29, 0.717) is 11.5 Å². The summed E-state index contributed by atoms with van der Waals surface area (Å²) in [4.78, 5) is 0. The van der Waals surface area contributed by atoms with Crippen LogP contribution in [0.25, 0.3) is 0 Å². The molecule has 2 aliphatic rings. The molecule has 1 aromatic carbocycles. The summed E-state index contributed by atoms with van der Waals surface area (Å²) in [5.74, 6) is 1.67. The summed E-state index contributed by atoms with van der Waals surface area (Å²) in [5.41, 5.74) is 1.74. The molecule has 0 amide bonds. The number of nitrogens with one attached hydrogen (secondary N) is 1. The van der Waals surface area contributed by atoms with E-state index in [9.17, 15) is 0 Å². The van der Waals surface area contributed by atoms with Crippen LogP contribution in [0.5, 0.6) is 11.5 Å². The molecular formula is C15H21NO2. The number of fused-ring (bicyclic) bond motifs is 1. The Kier molecular flexibility index (Phi) is 2.94. The van der Waals surface area contributed by atoms with Crippen molar-refractivity contribution in [2.75, 3.05) is 20.8 Å². The fraction of sp³-hybridized carbons (Fsp3) is 0.600. The Morgan fingerprint density at radius 3 is 2.78 bits per heavy atom. The van der Waals surface area contributed by atoms with Crippen LogP contribution in [0.2, 0.25) is 0 Å². The van der Waals surface area contributed by atoms with Crippen LogP contribution < -0.4 is 14.8 Å². The average Bonchev–Trinajstić information content (AvgIpc) is 2.97. The highest BCUT2D eigenvalue weighted by Gasteiger charge is 2.47. The van der Waals surface area contributed by atoms with E-state index >= 15 is 0 Å². The van der Waals surface area contributed by atoms with Crippen LogP contribution in [0.4, 0.5) is 0 Å². The number of benzene rings is 1. The van der Waals surface area contributed by atoms with E-state index in [2.05, 4.69) is 17.4 Å². The van der Waals surface area contributed by atoms with Crippen LogP contribution in [0.3, 0.4) is 0 Å². The van der Waals surface area contributed by atoms with Gasteiger partial charge in [-0.05, 0) is 43.5 Å². The molecule has 2 fully saturated rings. The van der Waals surface area contributed by atoms with Gasteiger partial charge in [-0.3, -0.25) is 0 Å². The van der Waals surface area contributed by atoms with Crippen molar-refractivity contribution in [3.05, 3.63) is 23.8 Å². The Morgan fingerprint density at radius 1 is 1.17 bits per heavy atom. The van der Waals surface area contributed by atoms with Gasteiger partial charge in [-0.2, -0.15) is 0 Å². The van der Waals surface area contributed by atoms with Crippen LogP contribution in [-0.2, 0) is 5.41 Å². The number of ether oxygens (including phenoxy) is 2. The summed E-state index contributed by atoms with van der Waals surface area (Å²) in [6, 6.07) is 7.07. The summed E-state index contributed by atoms with van der Waals surface area (Å²) in [7, 11) is 3.39. The minimum Gasteiger partial charge on any atom is -0.493 e. The first kappa shape index (κ1) is 11.8. The number of rotatable bonds is 3. The molecule has 0 radical (unpaired) electrons. The van der Waals surface area contributed by atoms with E-state index in [1.165, 1.54) is 31.2 Å². The van der Waals surface area contributed by atoms with E-state index < -0.39 is 0 Å². The Bertz CT molecular complexity index is 434. The van der Waals surface area contributed by atoms with Gasteiger partial charge < -0.3 is 14.8 Å². The van der Waals surface area contributed by atoms with Gasteiger partial charge in [0.1, 0.15) is 0 Å². The monoisotopic (exact) mass is 247 g/mol. The van der Waals surface area contributed by atoms with Gasteiger partial charge in [-0.15, -0.1) is 0 Å². The second-order valence-electron chi connectivity index (χ2n) is 5.37. The van der Waals surface area contributed by atoms with Crippen LogP contribution >= 0.6 is 0 Å². The largest absolute Gasteiger partial charge is 0.493 e. The normalized spacial score (nSPS) is 30.2. The third kappa shape index (κ3) is 1.61. The van der Waals surface area contributed by atoms with Gasteiger partial charge in [-0.1, -0.05) is 12.5 Å². The highest BCUT2D eigenvalue weighted by molar-refractivity contribution is 5.46. The number of hydrogen-bond donors (Lipinski definition) is 1. The molecule has 1 aromatic rings. The third-order valence-electron chi connectivity index (χ3n) is 4.70. The molecule has 1 aliphatic heterocycles. The zero-order chi connectivity index (χ0) is 12.6. The van der Waals surface area contributed by atoms with Gasteiger partial charge in [0.25, 0.3) is 0 Å². The topological polar surface area (TPSA) is 30.5 Å². The summed E-state index contributed by atoms with van der Waals surface area (Å²) in [5, 5.41) is 3.65. The molecule has 1 saturated carbocycles. The van der Waals surface area contributed by atoms with Gasteiger partial charge >= 0.3 is 0 Å². The average molecular weight is 247 g/mol. The first-order valence-corrected chi connectivity index (χ1v) is 6.76. The summed E-state index contributed by atoms with van der Waals surface area (Å²) >= 11 is 0. The SMILES string of the molecule is COc1ccc(C23CCCC2NCC3)cc1OC. The zero-order valence-corrected chi connectivity index (χ0v) is 11.2. The van der Waals surface area contributed by atoms with E-state index in [1.54, 1.807) is 14.2 Å². The van der Waals surface area contributed by atoms with Crippen molar-refractivity contribution >= 4 is 0 Å². The van der Waals surface area contributed by atoms with Gasteiger partial charge in [0.15, 0.2) is 11.5 Å². The predicted octanol–water partition coefficient (Wildman–Crippen LogP) is 2.49. The van der Waals surface area contributed by atoms with Gasteiger partial charge in [0.05, 0.1) is 14.2 Å². The lowest BCUT2D eigenvalue weighted by Gasteiger charge is -2.30. The Balaban J connectivity index is 2.01. The summed E-state index contributed by atoms with van der Waals surface area (Å²) in [6.07, 6.45) is 5.16. The Labute approximate surface area is 108 Å². The van der Waals surface area contributed by atoms with Crippen LogP contribution in [0.15, 0.2) is 18.2 Å². The lowest BCUT2D eigenvalue weighted by Crippen LogP contribution is -2.35. The molecule has 98 valence electrons. The van der Waals surface area contributed by atoms with Crippen LogP contribution in [-0.4, -0.2) is 26.8 Å². The maximum atomic E-state index is 5.44. The number of hydrogen-bond acceptors (Lipinski definition) is 3. The van der Waals surface area contributed by atoms with Gasteiger partial charge in [-0.25, -0.2) is 0 Å². The Hall–Kier alpha value is -1.22. The minimum atomic E-state index is 0.333. The van der Waals surface area contributed by atoms with Crippen LogP contribution in [0, 0.1) is 0 Å². The van der Waals surface area contributed by atoms with E-state index in [-0.39, 0.29) is 0 Å². The molecular weight excluding hydrogens is 226 g/mol. The number of methoxy groups -OCH3 is 2. The molecule has 0 aromatic heterocycles. The lowest BCUT2D eigenvalue weighted by molar-refractivity contribution is 0.351. The summed E-state index contributed by atoms with van der Waals surface area (Å²) < 4.78 is 10.8. The Morgan fingerprint density at radius 2 is 2.00 bits per heavy atom. The van der Waals surface area contributed by atoms with Crippen LogP contribution in [0.1, 0.15) is 31.2 Å². The second kappa shape index (κ2) is 4.47. The molecule has 1 saturated heterocycles.